The molecule has 112 valence electrons. The first-order valence-corrected chi connectivity index (χ1v) is 8.23. The fraction of sp³-hybridized carbons (Fsp3) is 0.833. The lowest BCUT2D eigenvalue weighted by Crippen LogP contribution is -2.28. The third kappa shape index (κ3) is 6.96. The van der Waals surface area contributed by atoms with Gasteiger partial charge in [-0.2, -0.15) is 8.80 Å². The summed E-state index contributed by atoms with van der Waals surface area (Å²) in [5.41, 5.74) is 0. The van der Waals surface area contributed by atoms with Crippen LogP contribution in [0.1, 0.15) is 48.5 Å². The van der Waals surface area contributed by atoms with Crippen LogP contribution in [0.5, 0.6) is 0 Å². The maximum absolute atomic E-state index is 11.9. The zero-order valence-corrected chi connectivity index (χ0v) is 14.7. The molecule has 0 aliphatic rings. The van der Waals surface area contributed by atoms with Crippen molar-refractivity contribution in [3.05, 3.63) is 0 Å². The zero-order valence-electron chi connectivity index (χ0n) is 13.1. The summed E-state index contributed by atoms with van der Waals surface area (Å²) in [4.78, 5) is 1.62. The molecule has 0 saturated carbocycles. The van der Waals surface area contributed by atoms with E-state index in [4.69, 9.17) is 0 Å². The van der Waals surface area contributed by atoms with E-state index in [0.29, 0.717) is 5.84 Å². The molecule has 0 N–H and O–H groups in total. The summed E-state index contributed by atoms with van der Waals surface area (Å²) in [5.74, 6) is 0.572. The topological polar surface area (TPSA) is 62.1 Å². The normalized spacial score (nSPS) is 17.6. The fourth-order valence-corrected chi connectivity index (χ4v) is 1.86. The Bertz CT molecular complexity index is 418. The average Bonchev–Trinajstić information content (AvgIpc) is 2.22. The third-order valence-corrected chi connectivity index (χ3v) is 4.90. The molecule has 0 saturated heterocycles. The lowest BCUT2D eigenvalue weighted by Gasteiger charge is -2.18. The van der Waals surface area contributed by atoms with Gasteiger partial charge in [-0.1, -0.05) is 0 Å². The van der Waals surface area contributed by atoms with E-state index in [2.05, 4.69) is 8.80 Å². The van der Waals surface area contributed by atoms with Gasteiger partial charge < -0.3 is 4.90 Å². The minimum Gasteiger partial charge on any atom is -0.323 e. The van der Waals surface area contributed by atoms with E-state index < -0.39 is 31.5 Å². The molecule has 0 bridgehead atoms. The van der Waals surface area contributed by atoms with E-state index in [0.717, 1.165) is 0 Å². The number of nitrogens with zero attached hydrogens (tertiary/aromatic N) is 3. The Morgan fingerprint density at radius 3 is 1.79 bits per heavy atom. The standard InChI is InChI=1S/C12H25N3O2S2/c1-10(14-19(17)12(5,6)7)15(8)9-13-18(16)11(2,3)4/h9H,1-8H3/b13-9+,14-10+/t18-,19-/m1/s1. The Hall–Kier alpha value is -0.560. The molecular formula is C12H25N3O2S2. The number of amidine groups is 1. The zero-order chi connectivity index (χ0) is 15.4. The predicted molar refractivity (Wildman–Crippen MR) is 85.2 cm³/mol. The molecule has 0 spiro atoms. The summed E-state index contributed by atoms with van der Waals surface area (Å²) in [7, 11) is -0.880. The van der Waals surface area contributed by atoms with Gasteiger partial charge in [-0.25, -0.2) is 8.42 Å². The fourth-order valence-electron chi connectivity index (χ4n) is 0.677. The van der Waals surface area contributed by atoms with Crippen LogP contribution < -0.4 is 0 Å². The molecule has 0 aromatic heterocycles. The second kappa shape index (κ2) is 6.74. The van der Waals surface area contributed by atoms with Crippen LogP contribution in [0.25, 0.3) is 0 Å². The lowest BCUT2D eigenvalue weighted by molar-refractivity contribution is 0.648. The maximum atomic E-state index is 11.9. The first kappa shape index (κ1) is 18.4. The van der Waals surface area contributed by atoms with Crippen molar-refractivity contribution >= 4 is 34.1 Å². The van der Waals surface area contributed by atoms with E-state index in [9.17, 15) is 8.42 Å². The molecule has 0 aromatic rings. The molecule has 0 aliphatic heterocycles. The second-order valence-electron chi connectivity index (χ2n) is 6.19. The highest BCUT2D eigenvalue weighted by atomic mass is 32.2. The Balaban J connectivity index is 4.82. The highest BCUT2D eigenvalue weighted by Gasteiger charge is 2.20. The maximum Gasteiger partial charge on any atom is 0.146 e. The van der Waals surface area contributed by atoms with Crippen molar-refractivity contribution < 1.29 is 8.42 Å². The number of hydrogen-bond donors (Lipinski definition) is 0. The van der Waals surface area contributed by atoms with Crippen molar-refractivity contribution in [3.63, 3.8) is 0 Å². The van der Waals surface area contributed by atoms with E-state index in [1.807, 2.05) is 41.5 Å². The highest BCUT2D eigenvalue weighted by molar-refractivity contribution is 7.85. The molecule has 0 aromatic carbocycles. The largest absolute Gasteiger partial charge is 0.323 e. The molecule has 0 heterocycles. The van der Waals surface area contributed by atoms with E-state index in [1.54, 1.807) is 18.9 Å². The van der Waals surface area contributed by atoms with Gasteiger partial charge in [-0.3, -0.25) is 0 Å². The first-order valence-electron chi connectivity index (χ1n) is 6.02. The van der Waals surface area contributed by atoms with Crippen LogP contribution in [-0.4, -0.2) is 42.0 Å². The monoisotopic (exact) mass is 307 g/mol. The smallest absolute Gasteiger partial charge is 0.146 e. The molecule has 7 heteroatoms. The highest BCUT2D eigenvalue weighted by Crippen LogP contribution is 2.13. The van der Waals surface area contributed by atoms with Crippen LogP contribution in [0.3, 0.4) is 0 Å². The van der Waals surface area contributed by atoms with Crippen LogP contribution in [-0.2, 0) is 22.0 Å². The van der Waals surface area contributed by atoms with Crippen molar-refractivity contribution in [1.82, 2.24) is 4.90 Å². The van der Waals surface area contributed by atoms with Gasteiger partial charge in [0.25, 0.3) is 0 Å². The molecule has 2 atom stereocenters. The van der Waals surface area contributed by atoms with Gasteiger partial charge in [0, 0.05) is 7.05 Å². The van der Waals surface area contributed by atoms with Gasteiger partial charge in [0.2, 0.25) is 0 Å². The van der Waals surface area contributed by atoms with E-state index in [1.165, 1.54) is 6.34 Å². The van der Waals surface area contributed by atoms with Crippen molar-refractivity contribution in [2.45, 2.75) is 58.0 Å². The molecule has 5 nitrogen and oxygen atoms in total. The number of rotatable bonds is 3. The minimum atomic E-state index is -1.31. The summed E-state index contributed by atoms with van der Waals surface area (Å²) in [5, 5.41) is 0. The van der Waals surface area contributed by atoms with Crippen molar-refractivity contribution in [3.8, 4) is 0 Å². The third-order valence-electron chi connectivity index (χ3n) is 2.09. The number of hydrogen-bond acceptors (Lipinski definition) is 2. The minimum absolute atomic E-state index is 0.392. The molecule has 0 amide bonds. The molecule has 0 rings (SSSR count). The van der Waals surface area contributed by atoms with Gasteiger partial charge >= 0.3 is 0 Å². The summed E-state index contributed by atoms with van der Waals surface area (Å²) < 4.78 is 30.9. The molecule has 0 radical (unpaired) electrons. The first-order chi connectivity index (χ1) is 8.35. The molecule has 0 unspecified atom stereocenters. The predicted octanol–water partition coefficient (Wildman–Crippen LogP) is 2.29. The van der Waals surface area contributed by atoms with Crippen molar-refractivity contribution in [1.29, 1.82) is 0 Å². The van der Waals surface area contributed by atoms with Crippen LogP contribution in [0.4, 0.5) is 0 Å². The van der Waals surface area contributed by atoms with Gasteiger partial charge in [0.15, 0.2) is 0 Å². The van der Waals surface area contributed by atoms with Crippen LogP contribution in [0.2, 0.25) is 0 Å². The van der Waals surface area contributed by atoms with Crippen LogP contribution in [0, 0.1) is 0 Å². The lowest BCUT2D eigenvalue weighted by atomic mass is 10.3. The van der Waals surface area contributed by atoms with E-state index >= 15 is 0 Å². The average molecular weight is 307 g/mol. The Morgan fingerprint density at radius 1 is 1.00 bits per heavy atom. The second-order valence-corrected chi connectivity index (χ2v) is 10.0. The van der Waals surface area contributed by atoms with Gasteiger partial charge in [0.1, 0.15) is 34.1 Å². The summed E-state index contributed by atoms with van der Waals surface area (Å²) in [6, 6.07) is 0. The van der Waals surface area contributed by atoms with Gasteiger partial charge in [-0.05, 0) is 48.5 Å². The quantitative estimate of drug-likeness (QED) is 0.593. The van der Waals surface area contributed by atoms with Crippen molar-refractivity contribution in [2.24, 2.45) is 8.80 Å². The molecule has 0 aliphatic carbocycles. The molecular weight excluding hydrogens is 282 g/mol. The molecule has 0 fully saturated rings. The Kier molecular flexibility index (Phi) is 6.54. The van der Waals surface area contributed by atoms with Crippen molar-refractivity contribution in [2.75, 3.05) is 7.05 Å². The van der Waals surface area contributed by atoms with Gasteiger partial charge in [-0.15, -0.1) is 0 Å². The SMILES string of the molecule is C/C(=N\[S@](=O)C(C)(C)C)N(C)/C=N/[S@](=O)C(C)(C)C. The summed E-state index contributed by atoms with van der Waals surface area (Å²) >= 11 is 0. The van der Waals surface area contributed by atoms with Crippen LogP contribution in [0.15, 0.2) is 8.80 Å². The molecule has 19 heavy (non-hydrogen) atoms. The van der Waals surface area contributed by atoms with Gasteiger partial charge in [0.05, 0.1) is 9.49 Å². The van der Waals surface area contributed by atoms with Crippen LogP contribution >= 0.6 is 0 Å². The van der Waals surface area contributed by atoms with E-state index in [-0.39, 0.29) is 0 Å². The summed E-state index contributed by atoms with van der Waals surface area (Å²) in [6.45, 7) is 12.9. The summed E-state index contributed by atoms with van der Waals surface area (Å²) in [6.07, 6.45) is 1.46. The Labute approximate surface area is 121 Å². The Morgan fingerprint density at radius 2 is 1.42 bits per heavy atom.